The van der Waals surface area contributed by atoms with Crippen LogP contribution in [0.1, 0.15) is 37.9 Å². The molecule has 0 aliphatic heterocycles. The van der Waals surface area contributed by atoms with E-state index in [1.54, 1.807) is 23.0 Å². The smallest absolute Gasteiger partial charge is 0.226 e. The van der Waals surface area contributed by atoms with Gasteiger partial charge in [0.15, 0.2) is 5.65 Å². The summed E-state index contributed by atoms with van der Waals surface area (Å²) in [6.45, 7) is 6.69. The third-order valence-corrected chi connectivity index (χ3v) is 4.03. The molecule has 1 aromatic carbocycles. The quantitative estimate of drug-likeness (QED) is 0.637. The summed E-state index contributed by atoms with van der Waals surface area (Å²) in [5.74, 6) is 1.22. The van der Waals surface area contributed by atoms with Gasteiger partial charge in [-0.05, 0) is 38.5 Å². The maximum absolute atomic E-state index is 8.89. The molecule has 3 aromatic rings. The molecule has 8 nitrogen and oxygen atoms in total. The van der Waals surface area contributed by atoms with E-state index in [2.05, 4.69) is 52.5 Å². The number of hydrogen-bond donors (Lipinski definition) is 3. The predicted octanol–water partition coefficient (Wildman–Crippen LogP) is 2.56. The van der Waals surface area contributed by atoms with Crippen LogP contribution >= 0.6 is 0 Å². The van der Waals surface area contributed by atoms with Crippen LogP contribution in [0.4, 0.5) is 11.8 Å². The summed E-state index contributed by atoms with van der Waals surface area (Å²) >= 11 is 0. The third-order valence-electron chi connectivity index (χ3n) is 4.03. The highest BCUT2D eigenvalue weighted by molar-refractivity contribution is 5.87. The Morgan fingerprint density at radius 2 is 1.93 bits per heavy atom. The van der Waals surface area contributed by atoms with E-state index in [1.165, 1.54) is 0 Å². The molecule has 0 radical (unpaired) electrons. The van der Waals surface area contributed by atoms with Crippen molar-refractivity contribution in [2.75, 3.05) is 17.2 Å². The van der Waals surface area contributed by atoms with Crippen LogP contribution in [0.2, 0.25) is 0 Å². The fourth-order valence-corrected chi connectivity index (χ4v) is 2.68. The first-order valence-electron chi connectivity index (χ1n) is 8.74. The van der Waals surface area contributed by atoms with E-state index in [-0.39, 0.29) is 11.6 Å². The van der Waals surface area contributed by atoms with Crippen molar-refractivity contribution in [2.45, 2.75) is 32.4 Å². The Balaban J connectivity index is 1.81. The minimum atomic E-state index is -0.248. The number of hydrogen-bond acceptors (Lipinski definition) is 7. The molecule has 1 unspecified atom stereocenters. The van der Waals surface area contributed by atoms with Gasteiger partial charge in [0.25, 0.3) is 0 Å². The topological polar surface area (TPSA) is 117 Å². The summed E-state index contributed by atoms with van der Waals surface area (Å²) in [4.78, 5) is 9.17. The molecule has 2 aromatic heterocycles. The summed E-state index contributed by atoms with van der Waals surface area (Å²) < 4.78 is 1.72. The van der Waals surface area contributed by atoms with Crippen molar-refractivity contribution in [3.8, 4) is 6.07 Å². The van der Waals surface area contributed by atoms with Crippen LogP contribution in [0, 0.1) is 11.3 Å². The van der Waals surface area contributed by atoms with E-state index in [4.69, 9.17) is 11.0 Å². The Morgan fingerprint density at radius 3 is 2.56 bits per heavy atom. The van der Waals surface area contributed by atoms with Crippen molar-refractivity contribution < 1.29 is 0 Å². The van der Waals surface area contributed by atoms with Crippen molar-refractivity contribution in [2.24, 2.45) is 12.8 Å². The molecule has 8 heteroatoms. The minimum Gasteiger partial charge on any atom is -0.365 e. The predicted molar refractivity (Wildman–Crippen MR) is 106 cm³/mol. The highest BCUT2D eigenvalue weighted by Gasteiger charge is 2.17. The molecule has 0 saturated heterocycles. The van der Waals surface area contributed by atoms with E-state index in [9.17, 15) is 0 Å². The van der Waals surface area contributed by atoms with Crippen molar-refractivity contribution in [1.82, 2.24) is 19.7 Å². The fourth-order valence-electron chi connectivity index (χ4n) is 2.68. The first-order chi connectivity index (χ1) is 12.8. The molecule has 140 valence electrons. The molecule has 0 amide bonds. The van der Waals surface area contributed by atoms with Gasteiger partial charge in [0, 0.05) is 25.2 Å². The van der Waals surface area contributed by atoms with Gasteiger partial charge in [-0.1, -0.05) is 12.1 Å². The second-order valence-electron chi connectivity index (χ2n) is 7.50. The maximum Gasteiger partial charge on any atom is 0.226 e. The zero-order chi connectivity index (χ0) is 19.6. The van der Waals surface area contributed by atoms with E-state index < -0.39 is 0 Å². The van der Waals surface area contributed by atoms with Crippen LogP contribution in [0.5, 0.6) is 0 Å². The number of fused-ring (bicyclic) bond motifs is 1. The lowest BCUT2D eigenvalue weighted by Gasteiger charge is -2.22. The molecule has 0 aliphatic carbocycles. The summed E-state index contributed by atoms with van der Waals surface area (Å²) in [6.07, 6.45) is 1.76. The summed E-state index contributed by atoms with van der Waals surface area (Å²) in [5, 5.41) is 20.7. The van der Waals surface area contributed by atoms with Gasteiger partial charge in [-0.3, -0.25) is 4.68 Å². The number of nitriles is 1. The van der Waals surface area contributed by atoms with Gasteiger partial charge in [0.2, 0.25) is 5.95 Å². The zero-order valence-corrected chi connectivity index (χ0v) is 16.0. The van der Waals surface area contributed by atoms with Gasteiger partial charge in [0.1, 0.15) is 5.82 Å². The lowest BCUT2D eigenvalue weighted by atomic mass is 10.1. The Kier molecular flexibility index (Phi) is 4.97. The highest BCUT2D eigenvalue weighted by Crippen LogP contribution is 2.24. The second kappa shape index (κ2) is 7.21. The van der Waals surface area contributed by atoms with E-state index in [0.29, 0.717) is 18.1 Å². The normalized spacial score (nSPS) is 12.6. The fraction of sp³-hybridized carbons (Fsp3) is 0.368. The number of rotatable bonds is 5. The standard InChI is InChI=1S/C19H24N8/c1-19(2,3)26-16-14-10-23-27(4)17(14)25-18(24-16)22-11-15(21)13-7-5-12(9-20)6-8-13/h5-8,10,15H,11,21H2,1-4H3,(H2,22,24,25,26). The number of nitrogens with two attached hydrogens (primary N) is 1. The van der Waals surface area contributed by atoms with Crippen molar-refractivity contribution in [3.05, 3.63) is 41.6 Å². The molecule has 27 heavy (non-hydrogen) atoms. The SMILES string of the molecule is Cn1ncc2c(NC(C)(C)C)nc(NCC(N)c3ccc(C#N)cc3)nc21. The van der Waals surface area contributed by atoms with E-state index in [1.807, 2.05) is 19.2 Å². The van der Waals surface area contributed by atoms with Crippen LogP contribution in [-0.4, -0.2) is 31.8 Å². The van der Waals surface area contributed by atoms with Crippen LogP contribution in [0.15, 0.2) is 30.5 Å². The third kappa shape index (κ3) is 4.33. The number of nitrogens with one attached hydrogen (secondary N) is 2. The Labute approximate surface area is 158 Å². The van der Waals surface area contributed by atoms with Crippen molar-refractivity contribution in [3.63, 3.8) is 0 Å². The number of anilines is 2. The zero-order valence-electron chi connectivity index (χ0n) is 16.0. The Morgan fingerprint density at radius 1 is 1.22 bits per heavy atom. The average Bonchev–Trinajstić information content (AvgIpc) is 3.00. The summed E-state index contributed by atoms with van der Waals surface area (Å²) in [7, 11) is 1.85. The molecule has 0 spiro atoms. The second-order valence-corrected chi connectivity index (χ2v) is 7.50. The largest absolute Gasteiger partial charge is 0.365 e. The molecule has 3 rings (SSSR count). The van der Waals surface area contributed by atoms with E-state index in [0.717, 1.165) is 22.4 Å². The van der Waals surface area contributed by atoms with E-state index >= 15 is 0 Å². The number of nitrogens with zero attached hydrogens (tertiary/aromatic N) is 5. The monoisotopic (exact) mass is 364 g/mol. The van der Waals surface area contributed by atoms with Crippen LogP contribution in [-0.2, 0) is 7.05 Å². The molecule has 0 aliphatic rings. The number of aryl methyl sites for hydroxylation is 1. The summed E-state index contributed by atoms with van der Waals surface area (Å²) in [5.41, 5.74) is 8.41. The minimum absolute atomic E-state index is 0.146. The Hall–Kier alpha value is -3.18. The highest BCUT2D eigenvalue weighted by atomic mass is 15.3. The van der Waals surface area contributed by atoms with Crippen molar-refractivity contribution in [1.29, 1.82) is 5.26 Å². The van der Waals surface area contributed by atoms with Crippen LogP contribution in [0.3, 0.4) is 0 Å². The molecule has 4 N–H and O–H groups in total. The van der Waals surface area contributed by atoms with Crippen LogP contribution in [0.25, 0.3) is 11.0 Å². The van der Waals surface area contributed by atoms with Gasteiger partial charge in [0.05, 0.1) is 23.2 Å². The molecular weight excluding hydrogens is 340 g/mol. The molecule has 2 heterocycles. The maximum atomic E-state index is 8.89. The number of aromatic nitrogens is 4. The Bertz CT molecular complexity index is 976. The molecule has 0 fully saturated rings. The van der Waals surface area contributed by atoms with Gasteiger partial charge < -0.3 is 16.4 Å². The van der Waals surface area contributed by atoms with Crippen molar-refractivity contribution >= 4 is 22.8 Å². The molecular formula is C19H24N8. The van der Waals surface area contributed by atoms with Gasteiger partial charge in [-0.25, -0.2) is 0 Å². The lowest BCUT2D eigenvalue weighted by molar-refractivity contribution is 0.631. The lowest BCUT2D eigenvalue weighted by Crippen LogP contribution is -2.27. The van der Waals surface area contributed by atoms with Gasteiger partial charge in [-0.15, -0.1) is 0 Å². The number of benzene rings is 1. The summed E-state index contributed by atoms with van der Waals surface area (Å²) in [6, 6.07) is 9.11. The average molecular weight is 364 g/mol. The molecule has 0 bridgehead atoms. The van der Waals surface area contributed by atoms with Crippen LogP contribution < -0.4 is 16.4 Å². The van der Waals surface area contributed by atoms with Gasteiger partial charge >= 0.3 is 0 Å². The molecule has 1 atom stereocenters. The first-order valence-corrected chi connectivity index (χ1v) is 8.74. The van der Waals surface area contributed by atoms with Gasteiger partial charge in [-0.2, -0.15) is 20.3 Å². The first kappa shape index (κ1) is 18.6. The molecule has 0 saturated carbocycles.